The lowest BCUT2D eigenvalue weighted by Gasteiger charge is -2.35. The Bertz CT molecular complexity index is 911. The van der Waals surface area contributed by atoms with E-state index >= 15 is 0 Å². The SMILES string of the molecule is COc1nc(-c2ccc(N(C)[C@@H]3CCN[C@H](C)C3)nn2)ccc1-c1cn[nH]c1. The molecular weight excluding hydrogens is 354 g/mol. The molecule has 3 aromatic rings. The standard InChI is InChI=1S/C20H25N7O/c1-13-10-15(8-9-21-13)27(2)19-7-6-18(25-26-19)17-5-4-16(20(24-17)28-3)14-11-22-23-12-14/h4-7,11-13,15,21H,8-10H2,1-3H3,(H,22,23)/t13-,15-/m1/s1. The molecule has 1 aliphatic heterocycles. The molecule has 0 radical (unpaired) electrons. The smallest absolute Gasteiger partial charge is 0.221 e. The summed E-state index contributed by atoms with van der Waals surface area (Å²) < 4.78 is 5.47. The van der Waals surface area contributed by atoms with Crippen LogP contribution in [0.4, 0.5) is 5.82 Å². The van der Waals surface area contributed by atoms with Gasteiger partial charge in [0, 0.05) is 36.5 Å². The lowest BCUT2D eigenvalue weighted by molar-refractivity contribution is 0.370. The van der Waals surface area contributed by atoms with Crippen LogP contribution in [0.5, 0.6) is 5.88 Å². The van der Waals surface area contributed by atoms with E-state index in [0.29, 0.717) is 23.7 Å². The van der Waals surface area contributed by atoms with E-state index in [1.165, 1.54) is 0 Å². The second-order valence-corrected chi connectivity index (χ2v) is 7.16. The first-order chi connectivity index (χ1) is 13.7. The summed E-state index contributed by atoms with van der Waals surface area (Å²) in [7, 11) is 3.70. The molecule has 0 amide bonds. The van der Waals surface area contributed by atoms with Crippen molar-refractivity contribution in [2.45, 2.75) is 31.8 Å². The maximum Gasteiger partial charge on any atom is 0.221 e. The minimum absolute atomic E-state index is 0.476. The summed E-state index contributed by atoms with van der Waals surface area (Å²) >= 11 is 0. The van der Waals surface area contributed by atoms with Crippen molar-refractivity contribution in [1.82, 2.24) is 30.7 Å². The Hall–Kier alpha value is -3.00. The van der Waals surface area contributed by atoms with Crippen LogP contribution in [0.3, 0.4) is 0 Å². The van der Waals surface area contributed by atoms with Crippen LogP contribution in [0.1, 0.15) is 19.8 Å². The van der Waals surface area contributed by atoms with Crippen LogP contribution in [-0.4, -0.2) is 58.2 Å². The molecule has 0 bridgehead atoms. The molecule has 1 saturated heterocycles. The van der Waals surface area contributed by atoms with E-state index in [0.717, 1.165) is 42.0 Å². The maximum absolute atomic E-state index is 5.47. The van der Waals surface area contributed by atoms with E-state index in [1.54, 1.807) is 13.3 Å². The van der Waals surface area contributed by atoms with Gasteiger partial charge in [0.1, 0.15) is 5.69 Å². The molecule has 8 heteroatoms. The number of anilines is 1. The number of methoxy groups -OCH3 is 1. The predicted molar refractivity (Wildman–Crippen MR) is 108 cm³/mol. The van der Waals surface area contributed by atoms with Gasteiger partial charge in [-0.1, -0.05) is 0 Å². The molecule has 1 fully saturated rings. The number of H-pyrrole nitrogens is 1. The van der Waals surface area contributed by atoms with Crippen molar-refractivity contribution in [3.8, 4) is 28.4 Å². The number of nitrogens with zero attached hydrogens (tertiary/aromatic N) is 5. The average molecular weight is 379 g/mol. The van der Waals surface area contributed by atoms with Gasteiger partial charge in [0.05, 0.1) is 19.0 Å². The van der Waals surface area contributed by atoms with Gasteiger partial charge in [-0.2, -0.15) is 5.10 Å². The van der Waals surface area contributed by atoms with Crippen molar-refractivity contribution < 1.29 is 4.74 Å². The van der Waals surface area contributed by atoms with E-state index in [-0.39, 0.29) is 0 Å². The molecule has 1 aliphatic rings. The van der Waals surface area contributed by atoms with Crippen molar-refractivity contribution >= 4 is 5.82 Å². The van der Waals surface area contributed by atoms with Crippen molar-refractivity contribution in [3.63, 3.8) is 0 Å². The van der Waals surface area contributed by atoms with Gasteiger partial charge in [0.2, 0.25) is 5.88 Å². The zero-order chi connectivity index (χ0) is 19.5. The highest BCUT2D eigenvalue weighted by Crippen LogP contribution is 2.30. The summed E-state index contributed by atoms with van der Waals surface area (Å²) in [6.07, 6.45) is 5.77. The van der Waals surface area contributed by atoms with Gasteiger partial charge in [0.15, 0.2) is 5.82 Å². The third-order valence-electron chi connectivity index (χ3n) is 5.28. The summed E-state index contributed by atoms with van der Waals surface area (Å²) in [5.41, 5.74) is 3.24. The topological polar surface area (TPSA) is 91.8 Å². The monoisotopic (exact) mass is 379 g/mol. The molecule has 0 aliphatic carbocycles. The predicted octanol–water partition coefficient (Wildman–Crippen LogP) is 2.51. The first-order valence-corrected chi connectivity index (χ1v) is 9.50. The Balaban J connectivity index is 1.55. The summed E-state index contributed by atoms with van der Waals surface area (Å²) in [6.45, 7) is 3.26. The second-order valence-electron chi connectivity index (χ2n) is 7.16. The number of ether oxygens (including phenoxy) is 1. The molecule has 0 saturated carbocycles. The third kappa shape index (κ3) is 3.68. The molecule has 0 unspecified atom stereocenters. The van der Waals surface area contributed by atoms with Gasteiger partial charge in [-0.3, -0.25) is 5.10 Å². The molecule has 146 valence electrons. The number of hydrogen-bond donors (Lipinski definition) is 2. The van der Waals surface area contributed by atoms with Crippen molar-refractivity contribution in [3.05, 3.63) is 36.7 Å². The fraction of sp³-hybridized carbons (Fsp3) is 0.400. The Labute approximate surface area is 164 Å². The third-order valence-corrected chi connectivity index (χ3v) is 5.28. The summed E-state index contributed by atoms with van der Waals surface area (Å²) in [5.74, 6) is 1.41. The van der Waals surface area contributed by atoms with Crippen molar-refractivity contribution in [2.75, 3.05) is 25.6 Å². The van der Waals surface area contributed by atoms with Gasteiger partial charge < -0.3 is 15.0 Å². The zero-order valence-electron chi connectivity index (χ0n) is 16.4. The molecular formula is C20H25N7O. The van der Waals surface area contributed by atoms with Crippen LogP contribution in [0.15, 0.2) is 36.7 Å². The van der Waals surface area contributed by atoms with E-state index in [2.05, 4.69) is 49.6 Å². The molecule has 8 nitrogen and oxygen atoms in total. The second kappa shape index (κ2) is 7.93. The number of piperidine rings is 1. The van der Waals surface area contributed by atoms with Crippen LogP contribution in [0, 0.1) is 0 Å². The molecule has 4 heterocycles. The highest BCUT2D eigenvalue weighted by atomic mass is 16.5. The van der Waals surface area contributed by atoms with Gasteiger partial charge in [-0.05, 0) is 50.6 Å². The number of rotatable bonds is 5. The number of aromatic amines is 1. The van der Waals surface area contributed by atoms with Gasteiger partial charge in [-0.25, -0.2) is 4.98 Å². The van der Waals surface area contributed by atoms with Crippen molar-refractivity contribution in [1.29, 1.82) is 0 Å². The maximum atomic E-state index is 5.47. The summed E-state index contributed by atoms with van der Waals surface area (Å²) in [6, 6.07) is 8.86. The first-order valence-electron chi connectivity index (χ1n) is 9.50. The quantitative estimate of drug-likeness (QED) is 0.704. The molecule has 28 heavy (non-hydrogen) atoms. The van der Waals surface area contributed by atoms with Crippen LogP contribution in [-0.2, 0) is 0 Å². The van der Waals surface area contributed by atoms with E-state index in [4.69, 9.17) is 4.74 Å². The lowest BCUT2D eigenvalue weighted by atomic mass is 9.99. The Morgan fingerprint density at radius 1 is 1.14 bits per heavy atom. The van der Waals surface area contributed by atoms with Gasteiger partial charge >= 0.3 is 0 Å². The zero-order valence-corrected chi connectivity index (χ0v) is 16.4. The van der Waals surface area contributed by atoms with E-state index < -0.39 is 0 Å². The largest absolute Gasteiger partial charge is 0.481 e. The van der Waals surface area contributed by atoms with E-state index in [1.807, 2.05) is 30.5 Å². The number of nitrogens with one attached hydrogen (secondary N) is 2. The fourth-order valence-corrected chi connectivity index (χ4v) is 3.65. The molecule has 2 N–H and O–H groups in total. The number of pyridine rings is 1. The molecule has 3 aromatic heterocycles. The van der Waals surface area contributed by atoms with Crippen LogP contribution < -0.4 is 15.0 Å². The number of hydrogen-bond acceptors (Lipinski definition) is 7. The molecule has 0 spiro atoms. The molecule has 0 aromatic carbocycles. The minimum atomic E-state index is 0.476. The first kappa shape index (κ1) is 18.4. The van der Waals surface area contributed by atoms with Crippen molar-refractivity contribution in [2.24, 2.45) is 0 Å². The van der Waals surface area contributed by atoms with Crippen LogP contribution in [0.2, 0.25) is 0 Å². The summed E-state index contributed by atoms with van der Waals surface area (Å²) in [4.78, 5) is 6.83. The fourth-order valence-electron chi connectivity index (χ4n) is 3.65. The normalized spacial score (nSPS) is 19.4. The number of aromatic nitrogens is 5. The Morgan fingerprint density at radius 3 is 2.68 bits per heavy atom. The van der Waals surface area contributed by atoms with E-state index in [9.17, 15) is 0 Å². The van der Waals surface area contributed by atoms with Gasteiger partial charge in [-0.15, -0.1) is 10.2 Å². The highest BCUT2D eigenvalue weighted by Gasteiger charge is 2.23. The highest BCUT2D eigenvalue weighted by molar-refractivity contribution is 5.70. The molecule has 4 rings (SSSR count). The molecule has 2 atom stereocenters. The Morgan fingerprint density at radius 2 is 2.00 bits per heavy atom. The average Bonchev–Trinajstić information content (AvgIpc) is 3.27. The lowest BCUT2D eigenvalue weighted by Crippen LogP contribution is -2.45. The van der Waals surface area contributed by atoms with Gasteiger partial charge in [0.25, 0.3) is 0 Å². The summed E-state index contributed by atoms with van der Waals surface area (Å²) in [5, 5.41) is 19.1. The Kier molecular flexibility index (Phi) is 5.21. The van der Waals surface area contributed by atoms with Crippen LogP contribution in [0.25, 0.3) is 22.5 Å². The van der Waals surface area contributed by atoms with Crippen LogP contribution >= 0.6 is 0 Å². The minimum Gasteiger partial charge on any atom is -0.481 e.